The van der Waals surface area contributed by atoms with Gasteiger partial charge in [-0.1, -0.05) is 0 Å². The van der Waals surface area contributed by atoms with Gasteiger partial charge in [0.15, 0.2) is 0 Å². The van der Waals surface area contributed by atoms with Gasteiger partial charge >= 0.3 is 0 Å². The van der Waals surface area contributed by atoms with Crippen molar-refractivity contribution in [3.63, 3.8) is 0 Å². The lowest BCUT2D eigenvalue weighted by atomic mass is 10.1. The van der Waals surface area contributed by atoms with Crippen LogP contribution in [-0.2, 0) is 0 Å². The van der Waals surface area contributed by atoms with Crippen LogP contribution in [0.3, 0.4) is 0 Å². The van der Waals surface area contributed by atoms with Crippen LogP contribution in [0, 0.1) is 12.3 Å². The number of pyridine rings is 1. The highest BCUT2D eigenvalue weighted by atomic mass is 15.2. The van der Waals surface area contributed by atoms with Crippen molar-refractivity contribution < 1.29 is 0 Å². The van der Waals surface area contributed by atoms with E-state index in [1.165, 1.54) is 51.0 Å². The van der Waals surface area contributed by atoms with Gasteiger partial charge in [-0.3, -0.25) is 4.98 Å². The largest absolute Gasteiger partial charge is 0.384 e. The minimum atomic E-state index is 0.557. The van der Waals surface area contributed by atoms with Gasteiger partial charge in [-0.25, -0.2) is 0 Å². The third kappa shape index (κ3) is 2.83. The molecule has 1 aromatic rings. The number of aromatic nitrogens is 1. The van der Waals surface area contributed by atoms with E-state index in [1.54, 1.807) is 0 Å². The van der Waals surface area contributed by atoms with Crippen molar-refractivity contribution in [3.05, 3.63) is 24.0 Å². The van der Waals surface area contributed by atoms with Crippen LogP contribution < -0.4 is 5.32 Å². The monoisotopic (exact) mass is 245 g/mol. The van der Waals surface area contributed by atoms with Crippen LogP contribution in [0.4, 0.5) is 5.69 Å². The first-order valence-electron chi connectivity index (χ1n) is 7.15. The van der Waals surface area contributed by atoms with Crippen LogP contribution in [0.15, 0.2) is 18.3 Å². The lowest BCUT2D eigenvalue weighted by molar-refractivity contribution is 0.271. The molecule has 0 bridgehead atoms. The van der Waals surface area contributed by atoms with E-state index in [2.05, 4.69) is 27.3 Å². The van der Waals surface area contributed by atoms with Gasteiger partial charge in [0.05, 0.1) is 0 Å². The molecule has 1 saturated heterocycles. The normalized spacial score (nSPS) is 22.1. The summed E-state index contributed by atoms with van der Waals surface area (Å²) in [6, 6.07) is 4.20. The minimum Gasteiger partial charge on any atom is -0.384 e. The van der Waals surface area contributed by atoms with E-state index in [0.29, 0.717) is 5.41 Å². The summed E-state index contributed by atoms with van der Waals surface area (Å²) in [4.78, 5) is 6.88. The second-order valence-electron chi connectivity index (χ2n) is 6.02. The highest BCUT2D eigenvalue weighted by Crippen LogP contribution is 2.46. The predicted octanol–water partition coefficient (Wildman–Crippen LogP) is 2.68. The maximum absolute atomic E-state index is 4.23. The molecule has 2 aliphatic rings. The van der Waals surface area contributed by atoms with Crippen molar-refractivity contribution in [1.29, 1.82) is 0 Å². The van der Waals surface area contributed by atoms with Gasteiger partial charge in [-0.15, -0.1) is 0 Å². The Morgan fingerprint density at radius 2 is 2.11 bits per heavy atom. The fourth-order valence-corrected chi connectivity index (χ4v) is 2.93. The summed E-state index contributed by atoms with van der Waals surface area (Å²) in [6.45, 7) is 7.09. The fraction of sp³-hybridized carbons (Fsp3) is 0.667. The van der Waals surface area contributed by atoms with Crippen LogP contribution in [0.25, 0.3) is 0 Å². The molecule has 3 rings (SSSR count). The smallest absolute Gasteiger partial charge is 0.0393 e. The van der Waals surface area contributed by atoms with E-state index in [1.807, 2.05) is 13.1 Å². The quantitative estimate of drug-likeness (QED) is 0.864. The number of anilines is 1. The summed E-state index contributed by atoms with van der Waals surface area (Å²) < 4.78 is 0. The first kappa shape index (κ1) is 12.0. The molecule has 3 nitrogen and oxygen atoms in total. The molecule has 0 unspecified atom stereocenters. The van der Waals surface area contributed by atoms with Gasteiger partial charge in [0.25, 0.3) is 0 Å². The van der Waals surface area contributed by atoms with Crippen molar-refractivity contribution in [3.8, 4) is 0 Å². The van der Waals surface area contributed by atoms with Gasteiger partial charge in [0.1, 0.15) is 0 Å². The van der Waals surface area contributed by atoms with E-state index in [9.17, 15) is 0 Å². The lowest BCUT2D eigenvalue weighted by Crippen LogP contribution is -2.31. The first-order valence-corrected chi connectivity index (χ1v) is 7.15. The lowest BCUT2D eigenvalue weighted by Gasteiger charge is -2.23. The molecule has 98 valence electrons. The summed E-state index contributed by atoms with van der Waals surface area (Å²) in [7, 11) is 0. The highest BCUT2D eigenvalue weighted by Gasteiger charge is 2.43. The molecule has 18 heavy (non-hydrogen) atoms. The van der Waals surface area contributed by atoms with Crippen LogP contribution in [-0.4, -0.2) is 36.1 Å². The first-order chi connectivity index (χ1) is 8.76. The molecule has 0 radical (unpaired) electrons. The van der Waals surface area contributed by atoms with Gasteiger partial charge in [0, 0.05) is 36.1 Å². The minimum absolute atomic E-state index is 0.557. The van der Waals surface area contributed by atoms with Crippen molar-refractivity contribution >= 4 is 5.69 Å². The molecular formula is C15H23N3. The Labute approximate surface area is 110 Å². The van der Waals surface area contributed by atoms with Gasteiger partial charge < -0.3 is 10.2 Å². The molecule has 1 aromatic heterocycles. The Morgan fingerprint density at radius 3 is 2.78 bits per heavy atom. The average Bonchev–Trinajstić information content (AvgIpc) is 2.92. The van der Waals surface area contributed by atoms with E-state index in [4.69, 9.17) is 0 Å². The van der Waals surface area contributed by atoms with Crippen molar-refractivity contribution in [1.82, 2.24) is 9.88 Å². The third-order valence-corrected chi connectivity index (χ3v) is 4.28. The molecule has 1 saturated carbocycles. The summed E-state index contributed by atoms with van der Waals surface area (Å²) in [5.41, 5.74) is 2.86. The van der Waals surface area contributed by atoms with Crippen molar-refractivity contribution in [2.24, 2.45) is 5.41 Å². The molecule has 2 heterocycles. The van der Waals surface area contributed by atoms with E-state index in [-0.39, 0.29) is 0 Å². The summed E-state index contributed by atoms with van der Waals surface area (Å²) in [5, 5.41) is 3.60. The molecule has 1 aliphatic carbocycles. The molecule has 2 fully saturated rings. The molecule has 1 aliphatic heterocycles. The summed E-state index contributed by atoms with van der Waals surface area (Å²) >= 11 is 0. The number of rotatable bonds is 5. The van der Waals surface area contributed by atoms with Gasteiger partial charge in [-0.2, -0.15) is 0 Å². The Hall–Kier alpha value is -1.09. The van der Waals surface area contributed by atoms with Crippen LogP contribution in [0.1, 0.15) is 31.4 Å². The zero-order valence-corrected chi connectivity index (χ0v) is 11.3. The van der Waals surface area contributed by atoms with E-state index >= 15 is 0 Å². The molecule has 0 aromatic carbocycles. The molecule has 0 spiro atoms. The number of nitrogens with one attached hydrogen (secondary N) is 1. The molecule has 3 heteroatoms. The summed E-state index contributed by atoms with van der Waals surface area (Å²) in [5.74, 6) is 0. The number of hydrogen-bond donors (Lipinski definition) is 1. The molecular weight excluding hydrogens is 222 g/mol. The Morgan fingerprint density at radius 1 is 1.33 bits per heavy atom. The van der Waals surface area contributed by atoms with Crippen molar-refractivity contribution in [2.45, 2.75) is 32.6 Å². The second kappa shape index (κ2) is 4.88. The predicted molar refractivity (Wildman–Crippen MR) is 74.8 cm³/mol. The van der Waals surface area contributed by atoms with Crippen molar-refractivity contribution in [2.75, 3.05) is 31.5 Å². The molecule has 1 N–H and O–H groups in total. The second-order valence-corrected chi connectivity index (χ2v) is 6.02. The van der Waals surface area contributed by atoms with Crippen LogP contribution in [0.2, 0.25) is 0 Å². The molecule has 0 atom stereocenters. The summed E-state index contributed by atoms with van der Waals surface area (Å²) in [6.07, 6.45) is 7.46. The van der Waals surface area contributed by atoms with E-state index < -0.39 is 0 Å². The molecule has 0 amide bonds. The number of hydrogen-bond acceptors (Lipinski definition) is 3. The fourth-order valence-electron chi connectivity index (χ4n) is 2.93. The Kier molecular flexibility index (Phi) is 3.25. The van der Waals surface area contributed by atoms with Gasteiger partial charge in [0.2, 0.25) is 0 Å². The Balaban J connectivity index is 1.53. The highest BCUT2D eigenvalue weighted by molar-refractivity contribution is 5.43. The maximum atomic E-state index is 4.23. The third-order valence-electron chi connectivity index (χ3n) is 4.28. The van der Waals surface area contributed by atoms with Crippen LogP contribution >= 0.6 is 0 Å². The van der Waals surface area contributed by atoms with Gasteiger partial charge in [-0.05, 0) is 57.8 Å². The SMILES string of the molecule is Cc1cc(NCC2(CN3CCCC3)CC2)ccn1. The number of aryl methyl sites for hydroxylation is 1. The Bertz CT molecular complexity index is 406. The van der Waals surface area contributed by atoms with E-state index in [0.717, 1.165) is 12.2 Å². The standard InChI is InChI=1S/C15H23N3/c1-13-10-14(4-7-16-13)17-11-15(5-6-15)12-18-8-2-3-9-18/h4,7,10H,2-3,5-6,8-9,11-12H2,1H3,(H,16,17). The zero-order valence-electron chi connectivity index (χ0n) is 11.3. The average molecular weight is 245 g/mol. The number of likely N-dealkylation sites (tertiary alicyclic amines) is 1. The number of nitrogens with zero attached hydrogens (tertiary/aromatic N) is 2. The van der Waals surface area contributed by atoms with Crippen LogP contribution in [0.5, 0.6) is 0 Å². The topological polar surface area (TPSA) is 28.2 Å². The zero-order chi connectivity index (χ0) is 12.4. The maximum Gasteiger partial charge on any atom is 0.0393 e.